The van der Waals surface area contributed by atoms with Gasteiger partial charge in [0.05, 0.1) is 5.56 Å². The van der Waals surface area contributed by atoms with Gasteiger partial charge >= 0.3 is 0 Å². The molecule has 0 aliphatic carbocycles. The molecule has 2 atom stereocenters. The van der Waals surface area contributed by atoms with E-state index in [1.165, 1.54) is 18.2 Å². The molecule has 1 aromatic carbocycles. The van der Waals surface area contributed by atoms with Crippen molar-refractivity contribution >= 4 is 21.8 Å². The first-order chi connectivity index (χ1) is 8.58. The largest absolute Gasteiger partial charge is 0.348 e. The summed E-state index contributed by atoms with van der Waals surface area (Å²) in [6.45, 7) is 3.91. The summed E-state index contributed by atoms with van der Waals surface area (Å²) in [5.41, 5.74) is 0.467. The van der Waals surface area contributed by atoms with Gasteiger partial charge in [-0.2, -0.15) is 0 Å². The molecule has 2 rings (SSSR count). The van der Waals surface area contributed by atoms with Gasteiger partial charge in [0.15, 0.2) is 0 Å². The minimum Gasteiger partial charge on any atom is -0.348 e. The fourth-order valence-electron chi connectivity index (χ4n) is 2.10. The fourth-order valence-corrected chi connectivity index (χ4v) is 2.63. The smallest absolute Gasteiger partial charge is 0.252 e. The molecule has 2 unspecified atom stereocenters. The summed E-state index contributed by atoms with van der Waals surface area (Å²) < 4.78 is 13.4. The normalized spacial score (nSPS) is 23.7. The Balaban J connectivity index is 2.07. The van der Waals surface area contributed by atoms with E-state index in [9.17, 15) is 9.18 Å². The number of carbonyl (C=O) groups excluding carboxylic acids is 1. The Hall–Kier alpha value is -0.940. The Kier molecular flexibility index (Phi) is 4.35. The number of nitrogens with one attached hydrogen (secondary N) is 2. The maximum Gasteiger partial charge on any atom is 0.252 e. The lowest BCUT2D eigenvalue weighted by atomic mass is 9.94. The van der Waals surface area contributed by atoms with Crippen molar-refractivity contribution in [3.05, 3.63) is 34.1 Å². The van der Waals surface area contributed by atoms with Crippen molar-refractivity contribution in [1.29, 1.82) is 0 Å². The summed E-state index contributed by atoms with van der Waals surface area (Å²) in [5.74, 6) is -0.0667. The van der Waals surface area contributed by atoms with Crippen LogP contribution in [0, 0.1) is 11.7 Å². The maximum atomic E-state index is 13.0. The van der Waals surface area contributed by atoms with Gasteiger partial charge in [-0.1, -0.05) is 6.92 Å². The van der Waals surface area contributed by atoms with Crippen LogP contribution in [0.25, 0.3) is 0 Å². The standard InChI is InChI=1S/C13H16BrFN2O/c1-8-4-5-16-7-12(8)17-13(18)10-3-2-9(15)6-11(10)14/h2-3,6,8,12,16H,4-5,7H2,1H3,(H,17,18). The molecule has 0 aromatic heterocycles. The average molecular weight is 315 g/mol. The number of amides is 1. The van der Waals surface area contributed by atoms with E-state index in [1.54, 1.807) is 0 Å². The SMILES string of the molecule is CC1CCNCC1NC(=O)c1ccc(F)cc1Br. The minimum atomic E-state index is -0.355. The van der Waals surface area contributed by atoms with E-state index in [4.69, 9.17) is 0 Å². The third kappa shape index (κ3) is 3.09. The van der Waals surface area contributed by atoms with E-state index in [0.717, 1.165) is 19.5 Å². The number of rotatable bonds is 2. The first kappa shape index (κ1) is 13.5. The maximum absolute atomic E-state index is 13.0. The van der Waals surface area contributed by atoms with Crippen LogP contribution in [-0.4, -0.2) is 25.0 Å². The predicted octanol–water partition coefficient (Wildman–Crippen LogP) is 2.32. The second-order valence-electron chi connectivity index (χ2n) is 4.67. The predicted molar refractivity (Wildman–Crippen MR) is 72.0 cm³/mol. The number of piperidine rings is 1. The number of hydrogen-bond donors (Lipinski definition) is 2. The molecule has 0 bridgehead atoms. The monoisotopic (exact) mass is 314 g/mol. The summed E-state index contributed by atoms with van der Waals surface area (Å²) in [5, 5.41) is 6.25. The van der Waals surface area contributed by atoms with Crippen molar-refractivity contribution in [3.63, 3.8) is 0 Å². The van der Waals surface area contributed by atoms with Crippen LogP contribution >= 0.6 is 15.9 Å². The molecular formula is C13H16BrFN2O. The van der Waals surface area contributed by atoms with Gasteiger partial charge in [0, 0.05) is 17.1 Å². The molecule has 1 amide bonds. The van der Waals surface area contributed by atoms with Crippen molar-refractivity contribution in [3.8, 4) is 0 Å². The number of benzene rings is 1. The Morgan fingerprint density at radius 3 is 3.00 bits per heavy atom. The molecule has 2 N–H and O–H groups in total. The molecule has 1 heterocycles. The number of hydrogen-bond acceptors (Lipinski definition) is 2. The van der Waals surface area contributed by atoms with Crippen molar-refractivity contribution in [2.75, 3.05) is 13.1 Å². The van der Waals surface area contributed by atoms with Gasteiger partial charge in [0.25, 0.3) is 5.91 Å². The van der Waals surface area contributed by atoms with Crippen LogP contribution in [0.4, 0.5) is 4.39 Å². The van der Waals surface area contributed by atoms with Gasteiger partial charge in [0.1, 0.15) is 5.82 Å². The zero-order chi connectivity index (χ0) is 13.1. The summed E-state index contributed by atoms with van der Waals surface area (Å²) in [4.78, 5) is 12.1. The van der Waals surface area contributed by atoms with E-state index in [1.807, 2.05) is 0 Å². The van der Waals surface area contributed by atoms with E-state index in [-0.39, 0.29) is 17.8 Å². The molecule has 1 aliphatic heterocycles. The summed E-state index contributed by atoms with van der Waals surface area (Å²) in [6, 6.07) is 4.22. The van der Waals surface area contributed by atoms with Crippen molar-refractivity contribution in [2.45, 2.75) is 19.4 Å². The zero-order valence-corrected chi connectivity index (χ0v) is 11.8. The molecule has 3 nitrogen and oxygen atoms in total. The number of halogens is 2. The van der Waals surface area contributed by atoms with Gasteiger partial charge in [-0.05, 0) is 53.0 Å². The summed E-state index contributed by atoms with van der Waals surface area (Å²) >= 11 is 3.21. The Morgan fingerprint density at radius 2 is 2.33 bits per heavy atom. The summed E-state index contributed by atoms with van der Waals surface area (Å²) in [6.07, 6.45) is 1.05. The summed E-state index contributed by atoms with van der Waals surface area (Å²) in [7, 11) is 0. The molecule has 0 saturated carbocycles. The van der Waals surface area contributed by atoms with Gasteiger partial charge < -0.3 is 10.6 Å². The first-order valence-corrected chi connectivity index (χ1v) is 6.84. The third-order valence-corrected chi connectivity index (χ3v) is 3.98. The fraction of sp³-hybridized carbons (Fsp3) is 0.462. The molecule has 1 aromatic rings. The van der Waals surface area contributed by atoms with E-state index >= 15 is 0 Å². The van der Waals surface area contributed by atoms with Crippen LogP contribution in [0.5, 0.6) is 0 Å². The van der Waals surface area contributed by atoms with Gasteiger partial charge in [-0.3, -0.25) is 4.79 Å². The second kappa shape index (κ2) is 5.80. The Bertz CT molecular complexity index is 453. The molecule has 1 fully saturated rings. The lowest BCUT2D eigenvalue weighted by Gasteiger charge is -2.30. The molecule has 1 aliphatic rings. The highest BCUT2D eigenvalue weighted by Gasteiger charge is 2.23. The van der Waals surface area contributed by atoms with E-state index < -0.39 is 0 Å². The highest BCUT2D eigenvalue weighted by Crippen LogP contribution is 2.19. The molecule has 0 spiro atoms. The second-order valence-corrected chi connectivity index (χ2v) is 5.53. The van der Waals surface area contributed by atoms with Crippen LogP contribution in [-0.2, 0) is 0 Å². The van der Waals surface area contributed by atoms with Crippen molar-refractivity contribution in [2.24, 2.45) is 5.92 Å². The molecule has 0 radical (unpaired) electrons. The van der Waals surface area contributed by atoms with Gasteiger partial charge in [-0.25, -0.2) is 4.39 Å². The average Bonchev–Trinajstić information content (AvgIpc) is 2.32. The third-order valence-electron chi connectivity index (χ3n) is 3.32. The zero-order valence-electron chi connectivity index (χ0n) is 10.2. The van der Waals surface area contributed by atoms with Crippen molar-refractivity contribution < 1.29 is 9.18 Å². The van der Waals surface area contributed by atoms with Crippen LogP contribution in [0.3, 0.4) is 0 Å². The minimum absolute atomic E-state index is 0.128. The number of carbonyl (C=O) groups is 1. The van der Waals surface area contributed by atoms with E-state index in [0.29, 0.717) is 16.0 Å². The molecule has 98 valence electrons. The van der Waals surface area contributed by atoms with Crippen LogP contribution < -0.4 is 10.6 Å². The molecule has 1 saturated heterocycles. The quantitative estimate of drug-likeness (QED) is 0.879. The van der Waals surface area contributed by atoms with Crippen LogP contribution in [0.15, 0.2) is 22.7 Å². The van der Waals surface area contributed by atoms with E-state index in [2.05, 4.69) is 33.5 Å². The first-order valence-electron chi connectivity index (χ1n) is 6.04. The highest BCUT2D eigenvalue weighted by atomic mass is 79.9. The highest BCUT2D eigenvalue weighted by molar-refractivity contribution is 9.10. The lowest BCUT2D eigenvalue weighted by Crippen LogP contribution is -2.50. The molecule has 5 heteroatoms. The van der Waals surface area contributed by atoms with Crippen LogP contribution in [0.2, 0.25) is 0 Å². The van der Waals surface area contributed by atoms with Crippen LogP contribution in [0.1, 0.15) is 23.7 Å². The molecule has 18 heavy (non-hydrogen) atoms. The van der Waals surface area contributed by atoms with Gasteiger partial charge in [-0.15, -0.1) is 0 Å². The molecular weight excluding hydrogens is 299 g/mol. The Morgan fingerprint density at radius 1 is 1.56 bits per heavy atom. The lowest BCUT2D eigenvalue weighted by molar-refractivity contribution is 0.0914. The topological polar surface area (TPSA) is 41.1 Å². The van der Waals surface area contributed by atoms with Gasteiger partial charge in [0.2, 0.25) is 0 Å². The van der Waals surface area contributed by atoms with Crippen molar-refractivity contribution in [1.82, 2.24) is 10.6 Å². The Labute approximate surface area is 114 Å².